The highest BCUT2D eigenvalue weighted by Gasteiger charge is 2.32. The van der Waals surface area contributed by atoms with Crippen molar-refractivity contribution in [1.29, 1.82) is 0 Å². The lowest BCUT2D eigenvalue weighted by atomic mass is 9.99. The summed E-state index contributed by atoms with van der Waals surface area (Å²) >= 11 is 7.85. The van der Waals surface area contributed by atoms with E-state index in [0.29, 0.717) is 83.0 Å². The number of piperazine rings is 1. The van der Waals surface area contributed by atoms with Crippen LogP contribution in [-0.2, 0) is 28.8 Å². The Morgan fingerprint density at radius 1 is 0.824 bits per heavy atom. The smallest absolute Gasteiger partial charge is 0.323 e. The van der Waals surface area contributed by atoms with Crippen LogP contribution in [-0.4, -0.2) is 90.2 Å². The summed E-state index contributed by atoms with van der Waals surface area (Å²) < 4.78 is 91.6. The number of nitrogens with one attached hydrogen (secondary N) is 2. The van der Waals surface area contributed by atoms with Gasteiger partial charge in [0.15, 0.2) is 19.7 Å². The largest absolute Gasteiger partial charge is 0.396 e. The third kappa shape index (κ3) is 11.8. The molecule has 1 aliphatic heterocycles. The molecule has 0 aliphatic carbocycles. The van der Waals surface area contributed by atoms with Crippen LogP contribution in [0.15, 0.2) is 130 Å². The number of benzene rings is 5. The maximum atomic E-state index is 15.8. The summed E-state index contributed by atoms with van der Waals surface area (Å²) in [6.45, 7) is 9.79. The van der Waals surface area contributed by atoms with Crippen molar-refractivity contribution >= 4 is 78.6 Å². The van der Waals surface area contributed by atoms with E-state index >= 15 is 4.39 Å². The average Bonchev–Trinajstić information content (AvgIpc) is 3.62. The molecule has 12 nitrogen and oxygen atoms in total. The average molecular weight is 1020 g/mol. The van der Waals surface area contributed by atoms with E-state index in [4.69, 9.17) is 16.1 Å². The first kappa shape index (κ1) is 51.1. The molecule has 0 bridgehead atoms. The molecule has 2 heterocycles. The van der Waals surface area contributed by atoms with Gasteiger partial charge in [0.2, 0.25) is 0 Å². The fourth-order valence-electron chi connectivity index (χ4n) is 8.74. The molecule has 1 fully saturated rings. The molecule has 18 heteroatoms. The number of hydrogen-bond donors (Lipinski definition) is 3. The van der Waals surface area contributed by atoms with Crippen molar-refractivity contribution in [2.24, 2.45) is 0 Å². The topological polar surface area (TPSA) is 150 Å². The highest BCUT2D eigenvalue weighted by atomic mass is 35.5. The molecule has 1 saturated heterocycles. The lowest BCUT2D eigenvalue weighted by Gasteiger charge is -2.37. The van der Waals surface area contributed by atoms with Crippen LogP contribution in [0.4, 0.5) is 27.1 Å². The number of rotatable bonds is 19. The van der Waals surface area contributed by atoms with Gasteiger partial charge in [-0.3, -0.25) is 4.57 Å². The van der Waals surface area contributed by atoms with Gasteiger partial charge in [0, 0.05) is 101 Å². The summed E-state index contributed by atoms with van der Waals surface area (Å²) in [5, 5.41) is 16.9. The van der Waals surface area contributed by atoms with Crippen LogP contribution in [0.25, 0.3) is 22.4 Å². The predicted octanol–water partition coefficient (Wildman–Crippen LogP) is 10.6. The van der Waals surface area contributed by atoms with Crippen LogP contribution in [0, 0.1) is 12.7 Å². The molecule has 0 spiro atoms. The third-order valence-corrected chi connectivity index (χ3v) is 17.7. The summed E-state index contributed by atoms with van der Waals surface area (Å²) in [5.41, 5.74) is 5.32. The number of halogens is 2. The summed E-state index contributed by atoms with van der Waals surface area (Å²) in [6, 6.07) is 33.4. The van der Waals surface area contributed by atoms with E-state index in [1.165, 1.54) is 24.5 Å². The van der Waals surface area contributed by atoms with Gasteiger partial charge in [0.1, 0.15) is 5.82 Å². The van der Waals surface area contributed by atoms with Crippen molar-refractivity contribution in [2.75, 3.05) is 77.9 Å². The zero-order chi connectivity index (χ0) is 49.0. The van der Waals surface area contributed by atoms with Crippen LogP contribution >= 0.6 is 30.9 Å². The van der Waals surface area contributed by atoms with Gasteiger partial charge in [-0.1, -0.05) is 41.9 Å². The minimum atomic E-state index is -3.85. The number of aliphatic hydroxyl groups excluding tert-OH is 1. The maximum absolute atomic E-state index is 15.8. The first-order valence-electron chi connectivity index (χ1n) is 22.3. The maximum Gasteiger partial charge on any atom is 0.323 e. The Morgan fingerprint density at radius 2 is 1.47 bits per heavy atom. The van der Waals surface area contributed by atoms with Crippen molar-refractivity contribution in [1.82, 2.24) is 4.57 Å². The standard InChI is InChI=1S/C50H58ClFN5O7PS3/c1-7-64-65(59,44-21-22-46(47(32-44)67(5,60)61)53-41(23-28-58)33-66-45-11-9-8-10-12-45)54-40-17-19-42(20-18-40)55-24-26-56(27-25-55)43-30-37(29-39(52)31-43)48-49(36-13-15-38(51)16-14-36)57(34(2)3)35(4)50(48)68(6,62)63/h8-22,29-32,34,41,53,58H,7,23-28,33H2,1-6H3,(H,54,59)/t41-,65?/m1/s1. The molecule has 362 valence electrons. The molecule has 5 aromatic carbocycles. The monoisotopic (exact) mass is 1020 g/mol. The summed E-state index contributed by atoms with van der Waals surface area (Å²) in [5.74, 6) is 0.0923. The molecule has 3 N–H and O–H groups in total. The van der Waals surface area contributed by atoms with Gasteiger partial charge in [0.05, 0.1) is 33.1 Å². The number of sulfone groups is 2. The molecule has 0 saturated carbocycles. The highest BCUT2D eigenvalue weighted by Crippen LogP contribution is 2.48. The molecule has 7 rings (SSSR count). The summed E-state index contributed by atoms with van der Waals surface area (Å²) in [7, 11) is -11.4. The minimum Gasteiger partial charge on any atom is -0.396 e. The fourth-order valence-corrected chi connectivity index (χ4v) is 13.8. The molecular weight excluding hydrogens is 964 g/mol. The fraction of sp³-hybridized carbons (Fsp3) is 0.320. The Kier molecular flexibility index (Phi) is 16.1. The van der Waals surface area contributed by atoms with Crippen LogP contribution < -0.4 is 25.5 Å². The van der Waals surface area contributed by atoms with Crippen LogP contribution in [0.2, 0.25) is 5.02 Å². The van der Waals surface area contributed by atoms with Gasteiger partial charge in [-0.05, 0) is 130 Å². The summed E-state index contributed by atoms with van der Waals surface area (Å²) in [4.78, 5) is 5.47. The van der Waals surface area contributed by atoms with E-state index in [2.05, 4.69) is 20.2 Å². The van der Waals surface area contributed by atoms with Gasteiger partial charge < -0.3 is 34.4 Å². The number of hydrogen-bond acceptors (Lipinski definition) is 11. The van der Waals surface area contributed by atoms with E-state index in [1.807, 2.05) is 79.1 Å². The lowest BCUT2D eigenvalue weighted by Crippen LogP contribution is -2.46. The number of thioether (sulfide) groups is 1. The lowest BCUT2D eigenvalue weighted by molar-refractivity contribution is 0.282. The molecule has 0 amide bonds. The second-order valence-electron chi connectivity index (χ2n) is 17.1. The predicted molar refractivity (Wildman–Crippen MR) is 278 cm³/mol. The van der Waals surface area contributed by atoms with Gasteiger partial charge in [-0.2, -0.15) is 0 Å². The Balaban J connectivity index is 1.08. The number of nitrogens with zero attached hydrogens (tertiary/aromatic N) is 3. The molecule has 6 aromatic rings. The Hall–Kier alpha value is -4.80. The van der Waals surface area contributed by atoms with E-state index in [1.54, 1.807) is 62.0 Å². The molecule has 2 atom stereocenters. The van der Waals surface area contributed by atoms with E-state index in [0.717, 1.165) is 22.4 Å². The second kappa shape index (κ2) is 21.5. The van der Waals surface area contributed by atoms with E-state index in [-0.39, 0.29) is 40.4 Å². The first-order chi connectivity index (χ1) is 32.3. The number of aliphatic hydroxyl groups is 1. The van der Waals surface area contributed by atoms with Gasteiger partial charge in [0.25, 0.3) is 0 Å². The van der Waals surface area contributed by atoms with Crippen molar-refractivity contribution < 1.29 is 35.4 Å². The highest BCUT2D eigenvalue weighted by molar-refractivity contribution is 7.99. The number of aromatic nitrogens is 1. The van der Waals surface area contributed by atoms with Gasteiger partial charge >= 0.3 is 7.52 Å². The van der Waals surface area contributed by atoms with Crippen LogP contribution in [0.3, 0.4) is 0 Å². The molecule has 1 unspecified atom stereocenters. The van der Waals surface area contributed by atoms with Crippen molar-refractivity contribution in [2.45, 2.75) is 60.9 Å². The van der Waals surface area contributed by atoms with Crippen LogP contribution in [0.1, 0.15) is 38.9 Å². The van der Waals surface area contributed by atoms with Crippen molar-refractivity contribution in [3.63, 3.8) is 0 Å². The normalized spacial score (nSPS) is 14.8. The molecular formula is C50H58ClFN5O7PS3. The Bertz CT molecular complexity index is 3010. The quantitative estimate of drug-likeness (QED) is 0.0523. The first-order valence-corrected chi connectivity index (χ1v) is 29.1. The SMILES string of the molecule is CCOP(=O)(Nc1ccc(N2CCN(c3cc(F)cc(-c4c(S(C)(=O)=O)c(C)n(C(C)C)c4-c4ccc(Cl)cc4)c3)CC2)cc1)c1ccc(N[C@H](CCO)CSc2ccccc2)c(S(C)(=O)=O)c1. The van der Waals surface area contributed by atoms with Crippen molar-refractivity contribution in [3.8, 4) is 22.4 Å². The van der Waals surface area contributed by atoms with E-state index < -0.39 is 33.0 Å². The zero-order valence-electron chi connectivity index (χ0n) is 38.9. The van der Waals surface area contributed by atoms with E-state index in [9.17, 15) is 26.5 Å². The van der Waals surface area contributed by atoms with Gasteiger partial charge in [-0.15, -0.1) is 11.8 Å². The van der Waals surface area contributed by atoms with Gasteiger partial charge in [-0.25, -0.2) is 21.2 Å². The summed E-state index contributed by atoms with van der Waals surface area (Å²) in [6.07, 6.45) is 2.68. The molecule has 1 aliphatic rings. The molecule has 1 aromatic heterocycles. The zero-order valence-corrected chi connectivity index (χ0v) is 43.0. The minimum absolute atomic E-state index is 0.0324. The van der Waals surface area contributed by atoms with Crippen LogP contribution in [0.5, 0.6) is 0 Å². The second-order valence-corrected chi connectivity index (χ2v) is 24.7. The Labute approximate surface area is 409 Å². The molecule has 0 radical (unpaired) electrons. The third-order valence-electron chi connectivity index (χ3n) is 11.8. The number of anilines is 4. The molecule has 68 heavy (non-hydrogen) atoms. The van der Waals surface area contributed by atoms with Crippen molar-refractivity contribution in [3.05, 3.63) is 132 Å². The Morgan fingerprint density at radius 3 is 2.06 bits per heavy atom.